The SMILES string of the molecule is O=C(CN1CCCC1C1CCCN1)Nc1ccc(F)cc1. The Morgan fingerprint density at radius 2 is 2.10 bits per heavy atom. The highest BCUT2D eigenvalue weighted by Gasteiger charge is 2.33. The molecule has 114 valence electrons. The molecule has 2 atom stereocenters. The van der Waals surface area contributed by atoms with E-state index < -0.39 is 0 Å². The van der Waals surface area contributed by atoms with Gasteiger partial charge in [-0.25, -0.2) is 4.39 Å². The lowest BCUT2D eigenvalue weighted by Crippen LogP contribution is -2.46. The van der Waals surface area contributed by atoms with Crippen LogP contribution in [0.1, 0.15) is 25.7 Å². The topological polar surface area (TPSA) is 44.4 Å². The Balaban J connectivity index is 1.54. The van der Waals surface area contributed by atoms with Gasteiger partial charge in [0.1, 0.15) is 5.82 Å². The fraction of sp³-hybridized carbons (Fsp3) is 0.562. The molecule has 4 nitrogen and oxygen atoms in total. The minimum atomic E-state index is -0.292. The molecule has 2 aliphatic rings. The number of nitrogens with one attached hydrogen (secondary N) is 2. The van der Waals surface area contributed by atoms with E-state index in [1.54, 1.807) is 12.1 Å². The quantitative estimate of drug-likeness (QED) is 0.891. The van der Waals surface area contributed by atoms with Crippen LogP contribution in [-0.4, -0.2) is 42.5 Å². The summed E-state index contributed by atoms with van der Waals surface area (Å²) in [6.45, 7) is 2.50. The van der Waals surface area contributed by atoms with Crippen molar-refractivity contribution in [1.82, 2.24) is 10.2 Å². The Hall–Kier alpha value is -1.46. The number of rotatable bonds is 4. The Morgan fingerprint density at radius 3 is 2.81 bits per heavy atom. The van der Waals surface area contributed by atoms with E-state index in [0.29, 0.717) is 24.3 Å². The molecule has 0 radical (unpaired) electrons. The number of carbonyl (C=O) groups is 1. The zero-order chi connectivity index (χ0) is 14.7. The zero-order valence-corrected chi connectivity index (χ0v) is 12.1. The van der Waals surface area contributed by atoms with Gasteiger partial charge < -0.3 is 10.6 Å². The van der Waals surface area contributed by atoms with Gasteiger partial charge in [0.2, 0.25) is 5.91 Å². The lowest BCUT2D eigenvalue weighted by Gasteiger charge is -2.28. The fourth-order valence-electron chi connectivity index (χ4n) is 3.46. The number of hydrogen-bond donors (Lipinski definition) is 2. The molecular weight excluding hydrogens is 269 g/mol. The molecule has 0 aromatic heterocycles. The van der Waals surface area contributed by atoms with Gasteiger partial charge in [-0.1, -0.05) is 0 Å². The lowest BCUT2D eigenvalue weighted by atomic mass is 10.0. The van der Waals surface area contributed by atoms with Crippen LogP contribution in [0.15, 0.2) is 24.3 Å². The molecule has 21 heavy (non-hydrogen) atoms. The molecule has 2 heterocycles. The van der Waals surface area contributed by atoms with Crippen molar-refractivity contribution in [1.29, 1.82) is 0 Å². The van der Waals surface area contributed by atoms with E-state index in [0.717, 1.165) is 19.5 Å². The molecule has 2 saturated heterocycles. The first-order valence-electron chi connectivity index (χ1n) is 7.75. The third kappa shape index (κ3) is 3.60. The van der Waals surface area contributed by atoms with Gasteiger partial charge in [0.25, 0.3) is 0 Å². The summed E-state index contributed by atoms with van der Waals surface area (Å²) in [6, 6.07) is 6.91. The van der Waals surface area contributed by atoms with Crippen LogP contribution in [-0.2, 0) is 4.79 Å². The van der Waals surface area contributed by atoms with Gasteiger partial charge >= 0.3 is 0 Å². The summed E-state index contributed by atoms with van der Waals surface area (Å²) in [6.07, 6.45) is 4.77. The molecule has 3 rings (SSSR count). The van der Waals surface area contributed by atoms with Crippen molar-refractivity contribution in [2.45, 2.75) is 37.8 Å². The van der Waals surface area contributed by atoms with Crippen LogP contribution >= 0.6 is 0 Å². The van der Waals surface area contributed by atoms with Crippen LogP contribution in [0.4, 0.5) is 10.1 Å². The Bertz CT molecular complexity index is 485. The number of likely N-dealkylation sites (tertiary alicyclic amines) is 1. The highest BCUT2D eigenvalue weighted by atomic mass is 19.1. The minimum absolute atomic E-state index is 0.0218. The van der Waals surface area contributed by atoms with Crippen LogP contribution in [0.25, 0.3) is 0 Å². The summed E-state index contributed by atoms with van der Waals surface area (Å²) in [4.78, 5) is 14.4. The van der Waals surface area contributed by atoms with Crippen LogP contribution in [0, 0.1) is 5.82 Å². The third-order valence-corrected chi connectivity index (χ3v) is 4.45. The second-order valence-corrected chi connectivity index (χ2v) is 5.94. The first-order valence-corrected chi connectivity index (χ1v) is 7.75. The molecule has 0 spiro atoms. The van der Waals surface area contributed by atoms with Crippen LogP contribution in [0.5, 0.6) is 0 Å². The zero-order valence-electron chi connectivity index (χ0n) is 12.1. The maximum Gasteiger partial charge on any atom is 0.238 e. The van der Waals surface area contributed by atoms with Gasteiger partial charge in [-0.15, -0.1) is 0 Å². The molecule has 2 aliphatic heterocycles. The molecule has 1 aromatic carbocycles. The van der Waals surface area contributed by atoms with Gasteiger partial charge in [-0.2, -0.15) is 0 Å². The van der Waals surface area contributed by atoms with E-state index in [1.165, 1.54) is 31.4 Å². The number of anilines is 1. The predicted octanol–water partition coefficient (Wildman–Crippen LogP) is 1.98. The monoisotopic (exact) mass is 291 g/mol. The highest BCUT2D eigenvalue weighted by Crippen LogP contribution is 2.24. The highest BCUT2D eigenvalue weighted by molar-refractivity contribution is 5.92. The largest absolute Gasteiger partial charge is 0.325 e. The molecule has 2 unspecified atom stereocenters. The van der Waals surface area contributed by atoms with Crippen molar-refractivity contribution in [2.75, 3.05) is 25.0 Å². The fourth-order valence-corrected chi connectivity index (χ4v) is 3.46. The number of carbonyl (C=O) groups excluding carboxylic acids is 1. The molecule has 0 aliphatic carbocycles. The summed E-state index contributed by atoms with van der Waals surface area (Å²) in [5, 5.41) is 6.38. The van der Waals surface area contributed by atoms with Crippen molar-refractivity contribution in [2.24, 2.45) is 0 Å². The van der Waals surface area contributed by atoms with Crippen LogP contribution in [0.2, 0.25) is 0 Å². The summed E-state index contributed by atoms with van der Waals surface area (Å²) in [5.41, 5.74) is 0.649. The van der Waals surface area contributed by atoms with Gasteiger partial charge in [0.15, 0.2) is 0 Å². The lowest BCUT2D eigenvalue weighted by molar-refractivity contribution is -0.117. The van der Waals surface area contributed by atoms with E-state index in [2.05, 4.69) is 15.5 Å². The van der Waals surface area contributed by atoms with Crippen molar-refractivity contribution in [3.63, 3.8) is 0 Å². The number of nitrogens with zero attached hydrogens (tertiary/aromatic N) is 1. The Labute approximate surface area is 124 Å². The average Bonchev–Trinajstić information content (AvgIpc) is 3.11. The van der Waals surface area contributed by atoms with E-state index in [4.69, 9.17) is 0 Å². The Morgan fingerprint density at radius 1 is 1.29 bits per heavy atom. The molecule has 2 N–H and O–H groups in total. The van der Waals surface area contributed by atoms with Gasteiger partial charge in [0.05, 0.1) is 6.54 Å². The van der Waals surface area contributed by atoms with E-state index in [9.17, 15) is 9.18 Å². The van der Waals surface area contributed by atoms with Crippen LogP contribution < -0.4 is 10.6 Å². The molecule has 2 fully saturated rings. The maximum absolute atomic E-state index is 12.8. The summed E-state index contributed by atoms with van der Waals surface area (Å²) in [7, 11) is 0. The normalized spacial score (nSPS) is 26.1. The summed E-state index contributed by atoms with van der Waals surface area (Å²) < 4.78 is 12.8. The maximum atomic E-state index is 12.8. The third-order valence-electron chi connectivity index (χ3n) is 4.45. The first-order chi connectivity index (χ1) is 10.2. The van der Waals surface area contributed by atoms with Gasteiger partial charge in [-0.05, 0) is 63.0 Å². The van der Waals surface area contributed by atoms with Crippen LogP contribution in [0.3, 0.4) is 0 Å². The molecular formula is C16H22FN3O. The molecule has 1 amide bonds. The van der Waals surface area contributed by atoms with Crippen molar-refractivity contribution in [3.8, 4) is 0 Å². The average molecular weight is 291 g/mol. The van der Waals surface area contributed by atoms with E-state index in [-0.39, 0.29) is 11.7 Å². The standard InChI is InChI=1S/C16H22FN3O/c17-12-5-7-13(8-6-12)19-16(21)11-20-10-2-4-15(20)14-3-1-9-18-14/h5-8,14-15,18H,1-4,9-11H2,(H,19,21). The summed E-state index contributed by atoms with van der Waals surface area (Å²) in [5.74, 6) is -0.314. The Kier molecular flexibility index (Phi) is 4.51. The molecule has 5 heteroatoms. The van der Waals surface area contributed by atoms with Gasteiger partial charge in [0, 0.05) is 17.8 Å². The van der Waals surface area contributed by atoms with Gasteiger partial charge in [-0.3, -0.25) is 9.69 Å². The number of benzene rings is 1. The second kappa shape index (κ2) is 6.54. The van der Waals surface area contributed by atoms with Crippen molar-refractivity contribution in [3.05, 3.63) is 30.1 Å². The summed E-state index contributed by atoms with van der Waals surface area (Å²) >= 11 is 0. The molecule has 1 aromatic rings. The number of amides is 1. The first kappa shape index (κ1) is 14.5. The smallest absolute Gasteiger partial charge is 0.238 e. The predicted molar refractivity (Wildman–Crippen MR) is 80.6 cm³/mol. The van der Waals surface area contributed by atoms with Crippen molar-refractivity contribution >= 4 is 11.6 Å². The van der Waals surface area contributed by atoms with E-state index >= 15 is 0 Å². The van der Waals surface area contributed by atoms with Crippen molar-refractivity contribution < 1.29 is 9.18 Å². The van der Waals surface area contributed by atoms with E-state index in [1.807, 2.05) is 0 Å². The molecule has 0 saturated carbocycles. The number of hydrogen-bond acceptors (Lipinski definition) is 3. The minimum Gasteiger partial charge on any atom is -0.325 e. The molecule has 0 bridgehead atoms. The number of halogens is 1. The second-order valence-electron chi connectivity index (χ2n) is 5.94.